The molecule has 5 N–H and O–H groups in total. The molecule has 0 heterocycles. The molecule has 10 nitrogen and oxygen atoms in total. The first-order chi connectivity index (χ1) is 22.2. The highest BCUT2D eigenvalue weighted by molar-refractivity contribution is 5.42. The van der Waals surface area contributed by atoms with Crippen molar-refractivity contribution in [1.82, 2.24) is 0 Å². The molecule has 0 bridgehead atoms. The molecule has 46 heavy (non-hydrogen) atoms. The van der Waals surface area contributed by atoms with E-state index < -0.39 is 18.3 Å². The molecular weight excluding hydrogens is 592 g/mol. The summed E-state index contributed by atoms with van der Waals surface area (Å²) >= 11 is 0. The van der Waals surface area contributed by atoms with Gasteiger partial charge in [0.2, 0.25) is 0 Å². The van der Waals surface area contributed by atoms with Crippen LogP contribution in [0.2, 0.25) is 0 Å². The van der Waals surface area contributed by atoms with Crippen molar-refractivity contribution in [2.75, 3.05) is 53.4 Å². The van der Waals surface area contributed by atoms with Crippen LogP contribution in [-0.4, -0.2) is 97.2 Å². The van der Waals surface area contributed by atoms with E-state index in [2.05, 4.69) is 13.8 Å². The first-order valence-corrected chi connectivity index (χ1v) is 15.7. The summed E-state index contributed by atoms with van der Waals surface area (Å²) in [6, 6.07) is 22.6. The van der Waals surface area contributed by atoms with Crippen LogP contribution in [0, 0.1) is 5.92 Å². The van der Waals surface area contributed by atoms with Gasteiger partial charge in [-0.15, -0.1) is 0 Å². The number of para-hydroxylation sites is 2. The minimum Gasteiger partial charge on any atom is -0.491 e. The lowest BCUT2D eigenvalue weighted by Crippen LogP contribution is -2.26. The Morgan fingerprint density at radius 3 is 1.41 bits per heavy atom. The zero-order valence-electron chi connectivity index (χ0n) is 27.1. The van der Waals surface area contributed by atoms with E-state index in [4.69, 9.17) is 23.7 Å². The average Bonchev–Trinajstić information content (AvgIpc) is 3.05. The highest BCUT2D eigenvalue weighted by atomic mass is 16.5. The molecule has 0 aliphatic carbocycles. The second-order valence-electron chi connectivity index (χ2n) is 11.9. The molecule has 3 atom stereocenters. The van der Waals surface area contributed by atoms with Crippen molar-refractivity contribution in [3.63, 3.8) is 0 Å². The molecule has 254 valence electrons. The molecule has 0 spiro atoms. The van der Waals surface area contributed by atoms with Crippen LogP contribution in [0.15, 0.2) is 72.8 Å². The third-order valence-electron chi connectivity index (χ3n) is 7.79. The predicted molar refractivity (Wildman–Crippen MR) is 175 cm³/mol. The van der Waals surface area contributed by atoms with Gasteiger partial charge < -0.3 is 49.2 Å². The van der Waals surface area contributed by atoms with E-state index in [0.717, 1.165) is 11.1 Å². The van der Waals surface area contributed by atoms with Crippen molar-refractivity contribution < 1.29 is 49.2 Å². The van der Waals surface area contributed by atoms with Crippen LogP contribution in [0.1, 0.15) is 44.2 Å². The summed E-state index contributed by atoms with van der Waals surface area (Å²) in [6.07, 6.45) is -0.778. The van der Waals surface area contributed by atoms with Crippen LogP contribution >= 0.6 is 0 Å². The maximum atomic E-state index is 10.5. The fourth-order valence-electron chi connectivity index (χ4n) is 5.03. The second-order valence-corrected chi connectivity index (χ2v) is 11.9. The van der Waals surface area contributed by atoms with E-state index in [-0.39, 0.29) is 57.6 Å². The summed E-state index contributed by atoms with van der Waals surface area (Å²) in [6.45, 7) is 4.71. The molecule has 3 unspecified atom stereocenters. The van der Waals surface area contributed by atoms with E-state index in [9.17, 15) is 25.5 Å². The zero-order valence-corrected chi connectivity index (χ0v) is 27.1. The smallest absolute Gasteiger partial charge is 0.161 e. The molecular formula is C36H50O10. The maximum absolute atomic E-state index is 10.5. The summed E-state index contributed by atoms with van der Waals surface area (Å²) in [5.41, 5.74) is 1.87. The van der Waals surface area contributed by atoms with Gasteiger partial charge in [-0.3, -0.25) is 0 Å². The summed E-state index contributed by atoms with van der Waals surface area (Å²) in [4.78, 5) is 0. The number of ether oxygens (including phenoxy) is 5. The summed E-state index contributed by atoms with van der Waals surface area (Å²) in [7, 11) is 1.51. The Morgan fingerprint density at radius 2 is 0.978 bits per heavy atom. The number of benzene rings is 3. The minimum atomic E-state index is -0.882. The Bertz CT molecular complexity index is 1240. The Morgan fingerprint density at radius 1 is 0.565 bits per heavy atom. The van der Waals surface area contributed by atoms with Gasteiger partial charge in [0.15, 0.2) is 11.5 Å². The molecule has 0 saturated carbocycles. The Labute approximate surface area is 272 Å². The molecule has 0 saturated heterocycles. The standard InChI is InChI=1S/C36H50O10/c1-36(2,27-8-12-32(13-9-27)43-22-29(39)20-26(16-18-37)17-19-38)28-10-14-33(15-11-28)44-23-31(41)25-46-35-7-5-4-6-34(35)45-24-30(40)21-42-3/h4-15,26,29-31,37-41H,16-25H2,1-3H3. The van der Waals surface area contributed by atoms with Crippen LogP contribution in [0.25, 0.3) is 0 Å². The Balaban J connectivity index is 1.47. The van der Waals surface area contributed by atoms with E-state index in [1.807, 2.05) is 48.5 Å². The number of rotatable bonds is 22. The molecule has 3 aromatic rings. The highest BCUT2D eigenvalue weighted by Gasteiger charge is 2.23. The summed E-state index contributed by atoms with van der Waals surface area (Å²) < 4.78 is 27.9. The fourth-order valence-corrected chi connectivity index (χ4v) is 5.03. The molecule has 3 aromatic carbocycles. The first kappa shape index (κ1) is 37.1. The van der Waals surface area contributed by atoms with Crippen molar-refractivity contribution in [3.8, 4) is 23.0 Å². The van der Waals surface area contributed by atoms with Gasteiger partial charge in [-0.05, 0) is 72.7 Å². The molecule has 0 radical (unpaired) electrons. The van der Waals surface area contributed by atoms with Crippen LogP contribution in [-0.2, 0) is 10.2 Å². The molecule has 0 aromatic heterocycles. The number of methoxy groups -OCH3 is 1. The lowest BCUT2D eigenvalue weighted by Gasteiger charge is -2.26. The average molecular weight is 643 g/mol. The lowest BCUT2D eigenvalue weighted by molar-refractivity contribution is 0.0303. The first-order valence-electron chi connectivity index (χ1n) is 15.7. The van der Waals surface area contributed by atoms with Gasteiger partial charge in [0, 0.05) is 25.7 Å². The van der Waals surface area contributed by atoms with E-state index in [0.29, 0.717) is 42.3 Å². The normalized spacial score (nSPS) is 13.7. The van der Waals surface area contributed by atoms with Crippen molar-refractivity contribution in [1.29, 1.82) is 0 Å². The third kappa shape index (κ3) is 12.1. The van der Waals surface area contributed by atoms with Crippen molar-refractivity contribution in [2.45, 2.75) is 56.8 Å². The molecule has 10 heteroatoms. The van der Waals surface area contributed by atoms with Gasteiger partial charge in [0.05, 0.1) is 12.7 Å². The van der Waals surface area contributed by atoms with Gasteiger partial charge in [-0.1, -0.05) is 50.2 Å². The fraction of sp³-hybridized carbons (Fsp3) is 0.500. The monoisotopic (exact) mass is 642 g/mol. The van der Waals surface area contributed by atoms with Crippen LogP contribution in [0.4, 0.5) is 0 Å². The number of aliphatic hydroxyl groups is 5. The number of hydrogen-bond donors (Lipinski definition) is 5. The molecule has 0 aliphatic rings. The minimum absolute atomic E-state index is 0.00126. The lowest BCUT2D eigenvalue weighted by atomic mass is 9.78. The van der Waals surface area contributed by atoms with Gasteiger partial charge in [-0.25, -0.2) is 0 Å². The quantitative estimate of drug-likeness (QED) is 0.110. The van der Waals surface area contributed by atoms with E-state index >= 15 is 0 Å². The SMILES string of the molecule is COCC(O)COc1ccccc1OCC(O)COc1ccc(C(C)(C)c2ccc(OCC(O)CC(CCO)CCO)cc2)cc1. The maximum Gasteiger partial charge on any atom is 0.161 e. The van der Waals surface area contributed by atoms with E-state index in [1.165, 1.54) is 7.11 Å². The van der Waals surface area contributed by atoms with Gasteiger partial charge in [-0.2, -0.15) is 0 Å². The molecule has 3 rings (SSSR count). The number of hydrogen-bond acceptors (Lipinski definition) is 10. The zero-order chi connectivity index (χ0) is 33.4. The van der Waals surface area contributed by atoms with Crippen LogP contribution in [0.3, 0.4) is 0 Å². The largest absolute Gasteiger partial charge is 0.491 e. The van der Waals surface area contributed by atoms with Gasteiger partial charge in [0.1, 0.15) is 50.1 Å². The summed E-state index contributed by atoms with van der Waals surface area (Å²) in [5.74, 6) is 2.24. The predicted octanol–water partition coefficient (Wildman–Crippen LogP) is 3.73. The Hall–Kier alpha value is -3.38. The topological polar surface area (TPSA) is 147 Å². The second kappa shape index (κ2) is 19.3. The Kier molecular flexibility index (Phi) is 15.6. The third-order valence-corrected chi connectivity index (χ3v) is 7.79. The van der Waals surface area contributed by atoms with Crippen molar-refractivity contribution >= 4 is 0 Å². The molecule has 0 aliphatic heterocycles. The van der Waals surface area contributed by atoms with Crippen molar-refractivity contribution in [3.05, 3.63) is 83.9 Å². The number of aliphatic hydroxyl groups excluding tert-OH is 5. The summed E-state index contributed by atoms with van der Waals surface area (Å²) in [5, 5.41) is 49.0. The van der Waals surface area contributed by atoms with Gasteiger partial charge in [0.25, 0.3) is 0 Å². The van der Waals surface area contributed by atoms with Crippen molar-refractivity contribution in [2.24, 2.45) is 5.92 Å². The van der Waals surface area contributed by atoms with E-state index in [1.54, 1.807) is 24.3 Å². The van der Waals surface area contributed by atoms with Gasteiger partial charge >= 0.3 is 0 Å². The van der Waals surface area contributed by atoms with Crippen LogP contribution in [0.5, 0.6) is 23.0 Å². The molecule has 0 fully saturated rings. The molecule has 0 amide bonds. The highest BCUT2D eigenvalue weighted by Crippen LogP contribution is 2.33. The van der Waals surface area contributed by atoms with Crippen LogP contribution < -0.4 is 18.9 Å².